The molecule has 3 aromatic rings. The van der Waals surface area contributed by atoms with Crippen LogP contribution in [0.1, 0.15) is 22.3 Å². The van der Waals surface area contributed by atoms with Crippen LogP contribution >= 0.6 is 0 Å². The third kappa shape index (κ3) is 4.38. The van der Waals surface area contributed by atoms with Crippen LogP contribution in [0.15, 0.2) is 78.9 Å². The van der Waals surface area contributed by atoms with Gasteiger partial charge in [0.1, 0.15) is 12.4 Å². The van der Waals surface area contributed by atoms with Crippen LogP contribution in [0, 0.1) is 22.7 Å². The van der Waals surface area contributed by atoms with Crippen LogP contribution in [0.3, 0.4) is 0 Å². The van der Waals surface area contributed by atoms with Crippen LogP contribution < -0.4 is 4.74 Å². The van der Waals surface area contributed by atoms with Crippen LogP contribution in [0.5, 0.6) is 5.75 Å². The summed E-state index contributed by atoms with van der Waals surface area (Å²) in [5, 5.41) is 18.4. The lowest BCUT2D eigenvalue weighted by Crippen LogP contribution is -1.95. The van der Waals surface area contributed by atoms with Crippen molar-refractivity contribution in [3.8, 4) is 17.9 Å². The predicted octanol–water partition coefficient (Wildman–Crippen LogP) is 5.20. The lowest BCUT2D eigenvalue weighted by atomic mass is 10.0. The molecule has 0 aliphatic carbocycles. The average Bonchev–Trinajstić information content (AvgIpc) is 2.72. The summed E-state index contributed by atoms with van der Waals surface area (Å²) in [4.78, 5) is 0. The highest BCUT2D eigenvalue weighted by atomic mass is 16.5. The summed E-state index contributed by atoms with van der Waals surface area (Å²) < 4.78 is 5.84. The molecule has 124 valence electrons. The molecule has 0 aliphatic rings. The molecule has 0 aromatic heterocycles. The van der Waals surface area contributed by atoms with Gasteiger partial charge < -0.3 is 4.74 Å². The number of ether oxygens (including phenoxy) is 1. The molecule has 0 amide bonds. The van der Waals surface area contributed by atoms with E-state index in [1.165, 1.54) is 0 Å². The molecule has 3 heteroatoms. The number of nitrogens with zero attached hydrogens (tertiary/aromatic N) is 2. The van der Waals surface area contributed by atoms with Crippen molar-refractivity contribution in [3.63, 3.8) is 0 Å². The monoisotopic (exact) mass is 336 g/mol. The normalized spacial score (nSPS) is 10.6. The van der Waals surface area contributed by atoms with Gasteiger partial charge in [0, 0.05) is 0 Å². The average molecular weight is 336 g/mol. The van der Waals surface area contributed by atoms with Gasteiger partial charge in [-0.1, -0.05) is 54.6 Å². The van der Waals surface area contributed by atoms with Gasteiger partial charge in [-0.05, 0) is 47.0 Å². The molecule has 0 spiro atoms. The molecule has 3 nitrogen and oxygen atoms in total. The molecule has 0 aliphatic heterocycles. The topological polar surface area (TPSA) is 56.8 Å². The molecular formula is C23H16N2O. The zero-order chi connectivity index (χ0) is 18.2. The molecule has 0 fully saturated rings. The molecule has 0 radical (unpaired) electrons. The summed E-state index contributed by atoms with van der Waals surface area (Å²) in [5.74, 6) is 0.750. The van der Waals surface area contributed by atoms with Crippen molar-refractivity contribution in [2.75, 3.05) is 0 Å². The van der Waals surface area contributed by atoms with Gasteiger partial charge in [-0.2, -0.15) is 10.5 Å². The first-order valence-electron chi connectivity index (χ1n) is 8.17. The van der Waals surface area contributed by atoms with Gasteiger partial charge in [-0.15, -0.1) is 0 Å². The molecule has 0 saturated carbocycles. The first kappa shape index (κ1) is 17.0. The van der Waals surface area contributed by atoms with Crippen molar-refractivity contribution in [2.24, 2.45) is 0 Å². The number of rotatable bonds is 5. The van der Waals surface area contributed by atoms with Gasteiger partial charge >= 0.3 is 0 Å². The molecule has 26 heavy (non-hydrogen) atoms. The predicted molar refractivity (Wildman–Crippen MR) is 102 cm³/mol. The van der Waals surface area contributed by atoms with Gasteiger partial charge in [-0.3, -0.25) is 0 Å². The van der Waals surface area contributed by atoms with Crippen molar-refractivity contribution in [1.82, 2.24) is 0 Å². The van der Waals surface area contributed by atoms with Crippen LogP contribution in [0.4, 0.5) is 0 Å². The number of nitriles is 2. The Morgan fingerprint density at radius 2 is 1.65 bits per heavy atom. The Balaban J connectivity index is 1.78. The highest BCUT2D eigenvalue weighted by Gasteiger charge is 2.03. The molecule has 3 aromatic carbocycles. The number of benzene rings is 3. The highest BCUT2D eigenvalue weighted by Crippen LogP contribution is 2.21. The maximum Gasteiger partial charge on any atom is 0.120 e. The molecule has 0 atom stereocenters. The fourth-order valence-electron chi connectivity index (χ4n) is 2.51. The van der Waals surface area contributed by atoms with E-state index in [-0.39, 0.29) is 0 Å². The second-order valence-electron chi connectivity index (χ2n) is 5.71. The standard InChI is InChI=1S/C23H16N2O/c24-15-18-9-11-21(12-10-18)22(16-25)13-20-7-4-8-23(14-20)26-17-19-5-2-1-3-6-19/h1-14H,17H2/b22-13-. The van der Waals surface area contributed by atoms with E-state index in [1.54, 1.807) is 24.3 Å². The largest absolute Gasteiger partial charge is 0.489 e. The molecular weight excluding hydrogens is 320 g/mol. The van der Waals surface area contributed by atoms with Crippen LogP contribution in [0.2, 0.25) is 0 Å². The lowest BCUT2D eigenvalue weighted by molar-refractivity contribution is 0.306. The smallest absolute Gasteiger partial charge is 0.120 e. The molecule has 0 N–H and O–H groups in total. The molecule has 0 heterocycles. The fourth-order valence-corrected chi connectivity index (χ4v) is 2.51. The van der Waals surface area contributed by atoms with E-state index >= 15 is 0 Å². The van der Waals surface area contributed by atoms with Crippen molar-refractivity contribution >= 4 is 11.6 Å². The van der Waals surface area contributed by atoms with Crippen LogP contribution in [-0.4, -0.2) is 0 Å². The highest BCUT2D eigenvalue weighted by molar-refractivity contribution is 5.89. The minimum atomic E-state index is 0.495. The van der Waals surface area contributed by atoms with Crippen molar-refractivity contribution in [1.29, 1.82) is 10.5 Å². The number of allylic oxidation sites excluding steroid dienone is 1. The van der Waals surface area contributed by atoms with E-state index in [2.05, 4.69) is 12.1 Å². The first-order valence-corrected chi connectivity index (χ1v) is 8.17. The van der Waals surface area contributed by atoms with Crippen LogP contribution in [-0.2, 0) is 6.61 Å². The molecule has 0 saturated heterocycles. The summed E-state index contributed by atoms with van der Waals surface area (Å²) in [5.41, 5.74) is 3.87. The quantitative estimate of drug-likeness (QED) is 0.475. The Hall–Kier alpha value is -3.82. The van der Waals surface area contributed by atoms with Crippen molar-refractivity contribution in [2.45, 2.75) is 6.61 Å². The van der Waals surface area contributed by atoms with Crippen molar-refractivity contribution < 1.29 is 4.74 Å². The van der Waals surface area contributed by atoms with E-state index in [1.807, 2.05) is 60.7 Å². The third-order valence-corrected chi connectivity index (χ3v) is 3.86. The number of hydrogen-bond acceptors (Lipinski definition) is 3. The Morgan fingerprint density at radius 1 is 0.885 bits per heavy atom. The van der Waals surface area contributed by atoms with Gasteiger partial charge in [0.15, 0.2) is 0 Å². The van der Waals surface area contributed by atoms with Gasteiger partial charge in [0.05, 0.1) is 23.3 Å². The Labute approximate surface area is 153 Å². The van der Waals surface area contributed by atoms with Crippen LogP contribution in [0.25, 0.3) is 11.6 Å². The maximum atomic E-state index is 9.47. The summed E-state index contributed by atoms with van der Waals surface area (Å²) in [6.45, 7) is 0.495. The van der Waals surface area contributed by atoms with E-state index in [9.17, 15) is 5.26 Å². The first-order chi connectivity index (χ1) is 12.8. The summed E-state index contributed by atoms with van der Waals surface area (Å²) in [6.07, 6.45) is 1.82. The minimum absolute atomic E-state index is 0.495. The number of hydrogen-bond donors (Lipinski definition) is 0. The fraction of sp³-hybridized carbons (Fsp3) is 0.0435. The zero-order valence-corrected chi connectivity index (χ0v) is 14.1. The second kappa shape index (κ2) is 8.33. The Bertz CT molecular complexity index is 991. The molecule has 0 unspecified atom stereocenters. The zero-order valence-electron chi connectivity index (χ0n) is 14.1. The van der Waals surface area contributed by atoms with E-state index in [0.717, 1.165) is 22.4 Å². The van der Waals surface area contributed by atoms with E-state index in [4.69, 9.17) is 10.00 Å². The third-order valence-electron chi connectivity index (χ3n) is 3.86. The molecule has 3 rings (SSSR count). The summed E-state index contributed by atoms with van der Waals surface area (Å²) in [6, 6.07) is 28.9. The van der Waals surface area contributed by atoms with Gasteiger partial charge in [-0.25, -0.2) is 0 Å². The second-order valence-corrected chi connectivity index (χ2v) is 5.71. The maximum absolute atomic E-state index is 9.47. The van der Waals surface area contributed by atoms with Crippen molar-refractivity contribution in [3.05, 3.63) is 101 Å². The summed E-state index contributed by atoms with van der Waals surface area (Å²) >= 11 is 0. The lowest BCUT2D eigenvalue weighted by Gasteiger charge is -2.07. The SMILES string of the molecule is N#C/C(=C/c1cccc(OCc2ccccc2)c1)c1ccc(C#N)cc1. The molecule has 0 bridgehead atoms. The van der Waals surface area contributed by atoms with E-state index < -0.39 is 0 Å². The van der Waals surface area contributed by atoms with E-state index in [0.29, 0.717) is 17.7 Å². The summed E-state index contributed by atoms with van der Waals surface area (Å²) in [7, 11) is 0. The van der Waals surface area contributed by atoms with Gasteiger partial charge in [0.2, 0.25) is 0 Å². The Morgan fingerprint density at radius 3 is 2.35 bits per heavy atom. The van der Waals surface area contributed by atoms with Gasteiger partial charge in [0.25, 0.3) is 0 Å². The Kier molecular flexibility index (Phi) is 5.45. The minimum Gasteiger partial charge on any atom is -0.489 e.